The highest BCUT2D eigenvalue weighted by Gasteiger charge is 2.32. The molecule has 7 heteroatoms. The molecule has 2 amide bonds. The summed E-state index contributed by atoms with van der Waals surface area (Å²) in [4.78, 5) is 14.6. The Hall–Kier alpha value is -2.70. The number of ether oxygens (including phenoxy) is 2. The lowest BCUT2D eigenvalue weighted by Crippen LogP contribution is -2.34. The van der Waals surface area contributed by atoms with Crippen LogP contribution < -0.4 is 14.8 Å². The number of methoxy groups -OCH3 is 2. The number of urea groups is 1. The van der Waals surface area contributed by atoms with Crippen LogP contribution in [0, 0.1) is 0 Å². The number of rotatable bonds is 6. The number of nitrogens with zero attached hydrogens (tertiary/aromatic N) is 2. The van der Waals surface area contributed by atoms with Crippen LogP contribution in [0.1, 0.15) is 43.7 Å². The number of nitrogens with one attached hydrogen (secondary N) is 1. The smallest absolute Gasteiger partial charge is 0.322 e. The summed E-state index contributed by atoms with van der Waals surface area (Å²) in [5, 5.41) is 7.11. The minimum Gasteiger partial charge on any atom is -0.497 e. The minimum atomic E-state index is -0.164. The molecule has 0 saturated carbocycles. The third-order valence-corrected chi connectivity index (χ3v) is 4.53. The van der Waals surface area contributed by atoms with Gasteiger partial charge in [0.1, 0.15) is 23.0 Å². The number of anilines is 1. The summed E-state index contributed by atoms with van der Waals surface area (Å²) in [5.74, 6) is 2.11. The molecule has 0 aliphatic carbocycles. The molecule has 26 heavy (non-hydrogen) atoms. The molecule has 3 rings (SSSR count). The maximum atomic E-state index is 12.8. The molecular weight excluding hydrogens is 334 g/mol. The monoisotopic (exact) mass is 359 g/mol. The van der Waals surface area contributed by atoms with Crippen LogP contribution in [0.3, 0.4) is 0 Å². The summed E-state index contributed by atoms with van der Waals surface area (Å²) in [6, 6.07) is 7.04. The van der Waals surface area contributed by atoms with Crippen molar-refractivity contribution in [3.8, 4) is 11.5 Å². The third-order valence-electron chi connectivity index (χ3n) is 4.53. The van der Waals surface area contributed by atoms with Gasteiger partial charge in [0.05, 0.1) is 20.3 Å². The van der Waals surface area contributed by atoms with Crippen LogP contribution in [0.25, 0.3) is 0 Å². The largest absolute Gasteiger partial charge is 0.497 e. The van der Waals surface area contributed by atoms with Crippen molar-refractivity contribution in [3.63, 3.8) is 0 Å². The molecule has 2 heterocycles. The topological polar surface area (TPSA) is 76.8 Å². The zero-order chi connectivity index (χ0) is 18.5. The van der Waals surface area contributed by atoms with E-state index in [0.717, 1.165) is 37.1 Å². The molecular formula is C19H25N3O4. The van der Waals surface area contributed by atoms with Crippen molar-refractivity contribution in [3.05, 3.63) is 35.7 Å². The Bertz CT molecular complexity index is 737. The van der Waals surface area contributed by atoms with Gasteiger partial charge in [0.2, 0.25) is 0 Å². The highest BCUT2D eigenvalue weighted by molar-refractivity contribution is 5.90. The molecule has 0 bridgehead atoms. The number of aryl methyl sites for hydroxylation is 1. The number of hydrogen-bond donors (Lipinski definition) is 1. The minimum absolute atomic E-state index is 0.0585. The Morgan fingerprint density at radius 2 is 2.00 bits per heavy atom. The lowest BCUT2D eigenvalue weighted by Gasteiger charge is -2.23. The van der Waals surface area contributed by atoms with Crippen LogP contribution in [0.4, 0.5) is 10.5 Å². The predicted octanol–water partition coefficient (Wildman–Crippen LogP) is 4.01. The van der Waals surface area contributed by atoms with Gasteiger partial charge in [-0.2, -0.15) is 0 Å². The highest BCUT2D eigenvalue weighted by atomic mass is 16.5. The van der Waals surface area contributed by atoms with Gasteiger partial charge < -0.3 is 24.2 Å². The fourth-order valence-electron chi connectivity index (χ4n) is 3.24. The van der Waals surface area contributed by atoms with Gasteiger partial charge in [-0.25, -0.2) is 4.79 Å². The van der Waals surface area contributed by atoms with Gasteiger partial charge in [0.25, 0.3) is 0 Å². The summed E-state index contributed by atoms with van der Waals surface area (Å²) in [7, 11) is 3.16. The van der Waals surface area contributed by atoms with Crippen molar-refractivity contribution in [1.82, 2.24) is 10.1 Å². The Morgan fingerprint density at radius 3 is 2.65 bits per heavy atom. The van der Waals surface area contributed by atoms with Gasteiger partial charge in [-0.15, -0.1) is 0 Å². The molecule has 1 aromatic carbocycles. The standard InChI is InChI=1S/C19H25N3O4/c1-4-6-14-12-17(21-26-14)18-7-5-8-22(18)19(23)20-13-9-15(24-2)11-16(10-13)25-3/h9-12,18H,4-8H2,1-3H3,(H,20,23). The summed E-state index contributed by atoms with van der Waals surface area (Å²) in [6.07, 6.45) is 3.68. The molecule has 1 saturated heterocycles. The third kappa shape index (κ3) is 3.92. The summed E-state index contributed by atoms with van der Waals surface area (Å²) >= 11 is 0. The second kappa shape index (κ2) is 8.12. The number of aromatic nitrogens is 1. The van der Waals surface area contributed by atoms with Crippen molar-refractivity contribution in [2.24, 2.45) is 0 Å². The molecule has 1 aliphatic heterocycles. The number of likely N-dealkylation sites (tertiary alicyclic amines) is 1. The molecule has 140 valence electrons. The van der Waals surface area contributed by atoms with Crippen LogP contribution in [0.15, 0.2) is 28.8 Å². The molecule has 1 N–H and O–H groups in total. The first-order valence-corrected chi connectivity index (χ1v) is 8.90. The van der Waals surface area contributed by atoms with Gasteiger partial charge in [-0.1, -0.05) is 12.1 Å². The van der Waals surface area contributed by atoms with Crippen molar-refractivity contribution in [1.29, 1.82) is 0 Å². The second-order valence-electron chi connectivity index (χ2n) is 6.35. The summed E-state index contributed by atoms with van der Waals surface area (Å²) < 4.78 is 15.9. The Labute approximate surface area is 153 Å². The van der Waals surface area contributed by atoms with Crippen molar-refractivity contribution < 1.29 is 18.8 Å². The van der Waals surface area contributed by atoms with E-state index in [4.69, 9.17) is 14.0 Å². The Morgan fingerprint density at radius 1 is 1.27 bits per heavy atom. The first-order chi connectivity index (χ1) is 12.6. The maximum Gasteiger partial charge on any atom is 0.322 e. The summed E-state index contributed by atoms with van der Waals surface area (Å²) in [6.45, 7) is 2.79. The van der Waals surface area contributed by atoms with Crippen LogP contribution in [-0.2, 0) is 6.42 Å². The Kier molecular flexibility index (Phi) is 5.65. The van der Waals surface area contributed by atoms with E-state index >= 15 is 0 Å². The van der Waals surface area contributed by atoms with Gasteiger partial charge in [0.15, 0.2) is 0 Å². The van der Waals surface area contributed by atoms with Crippen molar-refractivity contribution in [2.75, 3.05) is 26.1 Å². The Balaban J connectivity index is 1.74. The fraction of sp³-hybridized carbons (Fsp3) is 0.474. The maximum absolute atomic E-state index is 12.8. The first-order valence-electron chi connectivity index (χ1n) is 8.90. The van der Waals surface area contributed by atoms with Gasteiger partial charge in [0, 0.05) is 42.9 Å². The zero-order valence-electron chi connectivity index (χ0n) is 15.4. The van der Waals surface area contributed by atoms with E-state index in [1.807, 2.05) is 6.07 Å². The predicted molar refractivity (Wildman–Crippen MR) is 97.7 cm³/mol. The number of carbonyl (C=O) groups is 1. The molecule has 1 aromatic heterocycles. The van der Waals surface area contributed by atoms with E-state index in [0.29, 0.717) is 23.7 Å². The molecule has 0 radical (unpaired) electrons. The van der Waals surface area contributed by atoms with E-state index in [2.05, 4.69) is 17.4 Å². The lowest BCUT2D eigenvalue weighted by molar-refractivity contribution is 0.204. The average Bonchev–Trinajstić information content (AvgIpc) is 3.30. The molecule has 1 atom stereocenters. The van der Waals surface area contributed by atoms with E-state index in [1.54, 1.807) is 37.3 Å². The van der Waals surface area contributed by atoms with Gasteiger partial charge in [-0.3, -0.25) is 0 Å². The quantitative estimate of drug-likeness (QED) is 0.843. The summed E-state index contributed by atoms with van der Waals surface area (Å²) in [5.41, 5.74) is 1.45. The first kappa shape index (κ1) is 18.1. The van der Waals surface area contributed by atoms with Crippen LogP contribution in [0.5, 0.6) is 11.5 Å². The molecule has 1 fully saturated rings. The second-order valence-corrected chi connectivity index (χ2v) is 6.35. The molecule has 7 nitrogen and oxygen atoms in total. The lowest BCUT2D eigenvalue weighted by atomic mass is 10.1. The highest BCUT2D eigenvalue weighted by Crippen LogP contribution is 2.33. The zero-order valence-corrected chi connectivity index (χ0v) is 15.4. The molecule has 2 aromatic rings. The van der Waals surface area contributed by atoms with Gasteiger partial charge in [-0.05, 0) is 19.3 Å². The van der Waals surface area contributed by atoms with Crippen molar-refractivity contribution in [2.45, 2.75) is 38.6 Å². The molecule has 1 unspecified atom stereocenters. The molecule has 0 spiro atoms. The molecule has 1 aliphatic rings. The van der Waals surface area contributed by atoms with Crippen molar-refractivity contribution >= 4 is 11.7 Å². The van der Waals surface area contributed by atoms with E-state index in [1.165, 1.54) is 0 Å². The van der Waals surface area contributed by atoms with Crippen LogP contribution >= 0.6 is 0 Å². The van der Waals surface area contributed by atoms with E-state index in [-0.39, 0.29) is 12.1 Å². The number of benzene rings is 1. The number of carbonyl (C=O) groups excluding carboxylic acids is 1. The van der Waals surface area contributed by atoms with E-state index in [9.17, 15) is 4.79 Å². The fourth-order valence-corrected chi connectivity index (χ4v) is 3.24. The number of amides is 2. The normalized spacial score (nSPS) is 16.6. The van der Waals surface area contributed by atoms with E-state index < -0.39 is 0 Å². The van der Waals surface area contributed by atoms with Crippen LogP contribution in [-0.4, -0.2) is 36.9 Å². The number of hydrogen-bond acceptors (Lipinski definition) is 5. The van der Waals surface area contributed by atoms with Gasteiger partial charge >= 0.3 is 6.03 Å². The van der Waals surface area contributed by atoms with Crippen LogP contribution in [0.2, 0.25) is 0 Å². The SMILES string of the molecule is CCCc1cc(C2CCCN2C(=O)Nc2cc(OC)cc(OC)c2)no1. The average molecular weight is 359 g/mol.